The molecule has 0 aliphatic heterocycles. The van der Waals surface area contributed by atoms with Crippen molar-refractivity contribution in [2.45, 2.75) is 12.1 Å². The van der Waals surface area contributed by atoms with Gasteiger partial charge in [0.15, 0.2) is 0 Å². The van der Waals surface area contributed by atoms with E-state index in [9.17, 15) is 0 Å². The Labute approximate surface area is 112 Å². The minimum atomic E-state index is -0.263. The number of anilines is 1. The number of hydrogen-bond donors (Lipinski definition) is 3. The summed E-state index contributed by atoms with van der Waals surface area (Å²) in [6.07, 6.45) is 1.41. The highest BCUT2D eigenvalue weighted by Gasteiger charge is 2.25. The van der Waals surface area contributed by atoms with Crippen molar-refractivity contribution in [1.82, 2.24) is 10.4 Å². The van der Waals surface area contributed by atoms with Crippen molar-refractivity contribution in [2.24, 2.45) is 5.84 Å². The lowest BCUT2D eigenvalue weighted by molar-refractivity contribution is 0.0677. The molecule has 0 amide bonds. The van der Waals surface area contributed by atoms with Crippen LogP contribution in [0.1, 0.15) is 23.3 Å². The standard InChI is InChI=1S/C14H18N4O/c1-19-13(10-6-3-2-4-7-10)12(18-16)11-8-5-9-17-14(11)15/h2-9,12-13,18H,16H2,1H3,(H2,15,17). The third kappa shape index (κ3) is 2.90. The Bertz CT molecular complexity index is 518. The van der Waals surface area contributed by atoms with E-state index in [1.54, 1.807) is 13.3 Å². The van der Waals surface area contributed by atoms with E-state index in [1.807, 2.05) is 42.5 Å². The van der Waals surface area contributed by atoms with Gasteiger partial charge in [-0.25, -0.2) is 10.4 Å². The Kier molecular flexibility index (Phi) is 4.46. The number of nitrogens with one attached hydrogen (secondary N) is 1. The maximum absolute atomic E-state index is 5.91. The van der Waals surface area contributed by atoms with Gasteiger partial charge in [0.1, 0.15) is 11.9 Å². The summed E-state index contributed by atoms with van der Waals surface area (Å²) >= 11 is 0. The zero-order valence-corrected chi connectivity index (χ0v) is 10.8. The molecule has 1 heterocycles. The molecule has 2 rings (SSSR count). The van der Waals surface area contributed by atoms with Crippen LogP contribution in [-0.4, -0.2) is 12.1 Å². The summed E-state index contributed by atoms with van der Waals surface area (Å²) in [5.41, 5.74) is 10.5. The van der Waals surface area contributed by atoms with Crippen LogP contribution in [0.25, 0.3) is 0 Å². The molecule has 0 bridgehead atoms. The van der Waals surface area contributed by atoms with E-state index in [0.29, 0.717) is 5.82 Å². The van der Waals surface area contributed by atoms with Gasteiger partial charge in [0.05, 0.1) is 6.04 Å². The van der Waals surface area contributed by atoms with Crippen LogP contribution in [0.15, 0.2) is 48.7 Å². The quantitative estimate of drug-likeness (QED) is 0.559. The number of nitrogens with zero attached hydrogens (tertiary/aromatic N) is 1. The van der Waals surface area contributed by atoms with Crippen LogP contribution < -0.4 is 17.0 Å². The maximum Gasteiger partial charge on any atom is 0.128 e. The van der Waals surface area contributed by atoms with E-state index >= 15 is 0 Å². The average Bonchev–Trinajstić information content (AvgIpc) is 2.46. The van der Waals surface area contributed by atoms with Gasteiger partial charge in [0.2, 0.25) is 0 Å². The number of methoxy groups -OCH3 is 1. The van der Waals surface area contributed by atoms with Crippen molar-refractivity contribution >= 4 is 5.82 Å². The van der Waals surface area contributed by atoms with Crippen LogP contribution in [0.2, 0.25) is 0 Å². The second-order valence-corrected chi connectivity index (χ2v) is 4.19. The molecule has 0 fully saturated rings. The summed E-state index contributed by atoms with van der Waals surface area (Å²) < 4.78 is 5.57. The molecule has 0 spiro atoms. The summed E-state index contributed by atoms with van der Waals surface area (Å²) in [4.78, 5) is 4.09. The van der Waals surface area contributed by atoms with Gasteiger partial charge in [-0.3, -0.25) is 5.84 Å². The Morgan fingerprint density at radius 1 is 1.16 bits per heavy atom. The number of hydrazine groups is 1. The number of pyridine rings is 1. The molecule has 1 aromatic carbocycles. The normalized spacial score (nSPS) is 14.0. The summed E-state index contributed by atoms with van der Waals surface area (Å²) in [5.74, 6) is 6.12. The molecule has 0 saturated heterocycles. The monoisotopic (exact) mass is 258 g/mol. The third-order valence-electron chi connectivity index (χ3n) is 3.07. The second-order valence-electron chi connectivity index (χ2n) is 4.19. The van der Waals surface area contributed by atoms with E-state index in [0.717, 1.165) is 11.1 Å². The number of rotatable bonds is 5. The van der Waals surface area contributed by atoms with Crippen molar-refractivity contribution in [3.63, 3.8) is 0 Å². The van der Waals surface area contributed by atoms with Crippen molar-refractivity contribution < 1.29 is 4.74 Å². The van der Waals surface area contributed by atoms with Crippen LogP contribution in [0.3, 0.4) is 0 Å². The van der Waals surface area contributed by atoms with Gasteiger partial charge in [0, 0.05) is 18.9 Å². The van der Waals surface area contributed by atoms with E-state index < -0.39 is 0 Å². The fraction of sp³-hybridized carbons (Fsp3) is 0.214. The van der Waals surface area contributed by atoms with E-state index in [2.05, 4.69) is 10.4 Å². The Morgan fingerprint density at radius 2 is 1.89 bits per heavy atom. The van der Waals surface area contributed by atoms with Crippen molar-refractivity contribution in [1.29, 1.82) is 0 Å². The zero-order valence-electron chi connectivity index (χ0n) is 10.8. The molecular weight excluding hydrogens is 240 g/mol. The van der Waals surface area contributed by atoms with Crippen LogP contribution in [-0.2, 0) is 4.74 Å². The van der Waals surface area contributed by atoms with Gasteiger partial charge < -0.3 is 10.5 Å². The summed E-state index contributed by atoms with van der Waals surface area (Å²) in [7, 11) is 1.65. The maximum atomic E-state index is 5.91. The predicted octanol–water partition coefficient (Wildman–Crippen LogP) is 1.56. The molecule has 0 radical (unpaired) electrons. The molecule has 5 heteroatoms. The smallest absolute Gasteiger partial charge is 0.128 e. The van der Waals surface area contributed by atoms with E-state index in [1.165, 1.54) is 0 Å². The third-order valence-corrected chi connectivity index (χ3v) is 3.07. The lowest BCUT2D eigenvalue weighted by atomic mass is 9.96. The largest absolute Gasteiger partial charge is 0.383 e. The Balaban J connectivity index is 2.38. The lowest BCUT2D eigenvalue weighted by Gasteiger charge is -2.26. The first kappa shape index (κ1) is 13.5. The highest BCUT2D eigenvalue weighted by molar-refractivity contribution is 5.42. The highest BCUT2D eigenvalue weighted by Crippen LogP contribution is 2.32. The summed E-state index contributed by atoms with van der Waals surface area (Å²) in [5, 5.41) is 0. The van der Waals surface area contributed by atoms with Crippen molar-refractivity contribution in [2.75, 3.05) is 12.8 Å². The molecule has 19 heavy (non-hydrogen) atoms. The molecule has 0 saturated carbocycles. The fourth-order valence-electron chi connectivity index (χ4n) is 2.14. The highest BCUT2D eigenvalue weighted by atomic mass is 16.5. The predicted molar refractivity (Wildman–Crippen MR) is 74.9 cm³/mol. The van der Waals surface area contributed by atoms with E-state index in [4.69, 9.17) is 16.3 Å². The minimum absolute atomic E-state index is 0.238. The summed E-state index contributed by atoms with van der Waals surface area (Å²) in [6, 6.07) is 13.3. The number of aromatic nitrogens is 1. The van der Waals surface area contributed by atoms with Gasteiger partial charge in [-0.05, 0) is 11.6 Å². The van der Waals surface area contributed by atoms with Crippen LogP contribution in [0, 0.1) is 0 Å². The van der Waals surface area contributed by atoms with Gasteiger partial charge in [-0.15, -0.1) is 0 Å². The molecule has 5 nitrogen and oxygen atoms in total. The number of nitrogen functional groups attached to an aromatic ring is 1. The fourth-order valence-corrected chi connectivity index (χ4v) is 2.14. The Hall–Kier alpha value is -1.95. The first-order chi connectivity index (χ1) is 9.27. The van der Waals surface area contributed by atoms with Crippen LogP contribution >= 0.6 is 0 Å². The van der Waals surface area contributed by atoms with Crippen molar-refractivity contribution in [3.8, 4) is 0 Å². The topological polar surface area (TPSA) is 86.2 Å². The molecule has 2 atom stereocenters. The molecule has 5 N–H and O–H groups in total. The van der Waals surface area contributed by atoms with Crippen LogP contribution in [0.4, 0.5) is 5.82 Å². The molecule has 2 unspecified atom stereocenters. The van der Waals surface area contributed by atoms with Gasteiger partial charge >= 0.3 is 0 Å². The second kappa shape index (κ2) is 6.29. The SMILES string of the molecule is COC(c1ccccc1)C(NN)c1cccnc1N. The molecule has 0 aliphatic rings. The van der Waals surface area contributed by atoms with E-state index in [-0.39, 0.29) is 12.1 Å². The molecule has 0 aliphatic carbocycles. The molecule has 2 aromatic rings. The van der Waals surface area contributed by atoms with Crippen molar-refractivity contribution in [3.05, 3.63) is 59.8 Å². The molecule has 1 aromatic heterocycles. The lowest BCUT2D eigenvalue weighted by Crippen LogP contribution is -2.34. The van der Waals surface area contributed by atoms with Gasteiger partial charge in [0.25, 0.3) is 0 Å². The number of nitrogens with two attached hydrogens (primary N) is 2. The minimum Gasteiger partial charge on any atom is -0.383 e. The number of ether oxygens (including phenoxy) is 1. The number of benzene rings is 1. The molecule has 100 valence electrons. The average molecular weight is 258 g/mol. The first-order valence-electron chi connectivity index (χ1n) is 6.02. The molecular formula is C14H18N4O. The van der Waals surface area contributed by atoms with Gasteiger partial charge in [-0.1, -0.05) is 36.4 Å². The summed E-state index contributed by atoms with van der Waals surface area (Å²) in [6.45, 7) is 0. The zero-order chi connectivity index (χ0) is 13.7. The number of hydrogen-bond acceptors (Lipinski definition) is 5. The first-order valence-corrected chi connectivity index (χ1v) is 6.02. The van der Waals surface area contributed by atoms with Gasteiger partial charge in [-0.2, -0.15) is 0 Å². The van der Waals surface area contributed by atoms with Crippen LogP contribution in [0.5, 0.6) is 0 Å². The Morgan fingerprint density at radius 3 is 2.47 bits per heavy atom.